The van der Waals surface area contributed by atoms with Gasteiger partial charge >= 0.3 is 6.18 Å². The molecule has 42 heavy (non-hydrogen) atoms. The van der Waals surface area contributed by atoms with Crippen molar-refractivity contribution in [2.24, 2.45) is 0 Å². The van der Waals surface area contributed by atoms with Crippen molar-refractivity contribution in [2.45, 2.75) is 23.7 Å². The standard InChI is InChI=1S/C24H18F4N6O5S3/c25-19-8-4-15(10-29-19)14-3-7-17-18(9-14)40-23(31-17)21(22-33-32-20(39-22)11-30-34-41(35)36)42(37,38)12-13-1-5-16(6-2-13)24(26,27)28/h1-10,21,30,34H,11-12H2,(H,35,36). The Bertz CT molecular complexity index is 1850. The smallest absolute Gasteiger partial charge is 0.416 e. The molecule has 0 saturated carbocycles. The van der Waals surface area contributed by atoms with Crippen LogP contribution < -0.4 is 10.3 Å². The number of hydrazine groups is 1. The van der Waals surface area contributed by atoms with Crippen LogP contribution in [0.3, 0.4) is 0 Å². The van der Waals surface area contributed by atoms with Gasteiger partial charge in [0.05, 0.1) is 28.1 Å². The summed E-state index contributed by atoms with van der Waals surface area (Å²) in [6.07, 6.45) is -3.24. The molecule has 0 fully saturated rings. The zero-order valence-corrected chi connectivity index (χ0v) is 23.3. The third kappa shape index (κ3) is 6.85. The van der Waals surface area contributed by atoms with E-state index < -0.39 is 49.8 Å². The van der Waals surface area contributed by atoms with E-state index in [4.69, 9.17) is 8.97 Å². The summed E-state index contributed by atoms with van der Waals surface area (Å²) in [5.41, 5.74) is 3.26. The van der Waals surface area contributed by atoms with Crippen LogP contribution in [-0.4, -0.2) is 37.3 Å². The highest BCUT2D eigenvalue weighted by atomic mass is 32.2. The van der Waals surface area contributed by atoms with Crippen molar-refractivity contribution in [1.29, 1.82) is 0 Å². The number of alkyl halides is 3. The van der Waals surface area contributed by atoms with Gasteiger partial charge in [0.25, 0.3) is 0 Å². The van der Waals surface area contributed by atoms with Crippen molar-refractivity contribution < 1.29 is 39.2 Å². The van der Waals surface area contributed by atoms with E-state index in [0.717, 1.165) is 35.6 Å². The lowest BCUT2D eigenvalue weighted by molar-refractivity contribution is -0.137. The predicted octanol–water partition coefficient (Wildman–Crippen LogP) is 4.33. The monoisotopic (exact) mass is 642 g/mol. The van der Waals surface area contributed by atoms with E-state index in [-0.39, 0.29) is 28.9 Å². The van der Waals surface area contributed by atoms with Crippen LogP contribution in [0, 0.1) is 5.95 Å². The zero-order valence-electron chi connectivity index (χ0n) is 20.9. The maximum atomic E-state index is 13.8. The van der Waals surface area contributed by atoms with Crippen LogP contribution in [-0.2, 0) is 39.6 Å². The van der Waals surface area contributed by atoms with Gasteiger partial charge in [0.1, 0.15) is 5.01 Å². The van der Waals surface area contributed by atoms with Gasteiger partial charge in [-0.2, -0.15) is 22.4 Å². The summed E-state index contributed by atoms with van der Waals surface area (Å²) in [6.45, 7) is -0.236. The molecule has 0 aliphatic rings. The second kappa shape index (κ2) is 11.9. The number of nitrogens with one attached hydrogen (secondary N) is 2. The molecular formula is C24H18F4N6O5S3. The molecule has 5 rings (SSSR count). The van der Waals surface area contributed by atoms with E-state index in [1.807, 2.05) is 4.83 Å². The number of aromatic nitrogens is 4. The number of nitrogens with zero attached hydrogens (tertiary/aromatic N) is 4. The van der Waals surface area contributed by atoms with Gasteiger partial charge in [0, 0.05) is 11.8 Å². The minimum absolute atomic E-state index is 0.0593. The van der Waals surface area contributed by atoms with Crippen LogP contribution in [0.4, 0.5) is 17.6 Å². The predicted molar refractivity (Wildman–Crippen MR) is 144 cm³/mol. The molecule has 18 heteroatoms. The maximum Gasteiger partial charge on any atom is 0.416 e. The lowest BCUT2D eigenvalue weighted by Gasteiger charge is -2.13. The average molecular weight is 643 g/mol. The second-order valence-corrected chi connectivity index (χ2v) is 12.6. The summed E-state index contributed by atoms with van der Waals surface area (Å²) in [5, 5.41) is 6.11. The van der Waals surface area contributed by atoms with Gasteiger partial charge in [-0.3, -0.25) is 4.55 Å². The number of thiazole rings is 1. The SMILES string of the molecule is O=S(O)NNCc1nnc(C(c2nc3ccc(-c4ccc(F)nc4)cc3s2)S(=O)(=O)Cc2ccc(C(F)(F)F)cc2)o1. The highest BCUT2D eigenvalue weighted by Gasteiger charge is 2.37. The lowest BCUT2D eigenvalue weighted by atomic mass is 10.1. The highest BCUT2D eigenvalue weighted by molar-refractivity contribution is 7.91. The van der Waals surface area contributed by atoms with Gasteiger partial charge in [-0.05, 0) is 47.5 Å². The van der Waals surface area contributed by atoms with Gasteiger partial charge in [-0.1, -0.05) is 18.2 Å². The molecule has 3 N–H and O–H groups in total. The molecule has 2 aromatic carbocycles. The van der Waals surface area contributed by atoms with Gasteiger partial charge < -0.3 is 4.42 Å². The first kappa shape index (κ1) is 29.8. The first-order chi connectivity index (χ1) is 19.9. The average Bonchev–Trinajstić information content (AvgIpc) is 3.55. The van der Waals surface area contributed by atoms with E-state index in [9.17, 15) is 30.2 Å². The Morgan fingerprint density at radius 2 is 1.79 bits per heavy atom. The molecule has 2 atom stereocenters. The first-order valence-electron chi connectivity index (χ1n) is 11.7. The minimum atomic E-state index is -4.59. The van der Waals surface area contributed by atoms with Crippen molar-refractivity contribution in [1.82, 2.24) is 30.4 Å². The molecule has 0 aliphatic heterocycles. The van der Waals surface area contributed by atoms with Gasteiger partial charge in [0.15, 0.2) is 15.1 Å². The van der Waals surface area contributed by atoms with Crippen molar-refractivity contribution in [3.05, 3.63) is 94.7 Å². The maximum absolute atomic E-state index is 13.8. The highest BCUT2D eigenvalue weighted by Crippen LogP contribution is 2.38. The fourth-order valence-corrected chi connectivity index (χ4v) is 7.26. The number of fused-ring (bicyclic) bond motifs is 1. The molecular weight excluding hydrogens is 624 g/mol. The van der Waals surface area contributed by atoms with E-state index in [0.29, 0.717) is 21.3 Å². The Labute approximate surface area is 241 Å². The molecule has 0 saturated heterocycles. The molecule has 3 heterocycles. The number of sulfone groups is 1. The number of benzene rings is 2. The van der Waals surface area contributed by atoms with Gasteiger partial charge in [-0.25, -0.2) is 28.0 Å². The van der Waals surface area contributed by atoms with Crippen molar-refractivity contribution in [3.63, 3.8) is 0 Å². The number of halogens is 4. The lowest BCUT2D eigenvalue weighted by Crippen LogP contribution is -2.32. The van der Waals surface area contributed by atoms with Crippen LogP contribution >= 0.6 is 11.3 Å². The number of pyridine rings is 1. The Morgan fingerprint density at radius 3 is 2.45 bits per heavy atom. The molecule has 11 nitrogen and oxygen atoms in total. The summed E-state index contributed by atoms with van der Waals surface area (Å²) in [6, 6.07) is 11.6. The quantitative estimate of drug-likeness (QED) is 0.0866. The van der Waals surface area contributed by atoms with E-state index in [1.165, 1.54) is 18.3 Å². The zero-order chi connectivity index (χ0) is 30.1. The van der Waals surface area contributed by atoms with Crippen molar-refractivity contribution in [3.8, 4) is 11.1 Å². The fourth-order valence-electron chi connectivity index (χ4n) is 3.92. The molecule has 0 radical (unpaired) electrons. The van der Waals surface area contributed by atoms with E-state index >= 15 is 0 Å². The van der Waals surface area contributed by atoms with Crippen molar-refractivity contribution >= 4 is 42.7 Å². The Balaban J connectivity index is 1.52. The van der Waals surface area contributed by atoms with Crippen LogP contribution in [0.1, 0.15) is 33.2 Å². The van der Waals surface area contributed by atoms with E-state index in [2.05, 4.69) is 25.6 Å². The fraction of sp³-hybridized carbons (Fsp3) is 0.167. The van der Waals surface area contributed by atoms with Crippen LogP contribution in [0.25, 0.3) is 21.3 Å². The molecule has 0 spiro atoms. The Kier molecular flexibility index (Phi) is 8.44. The second-order valence-electron chi connectivity index (χ2n) is 8.72. The summed E-state index contributed by atoms with van der Waals surface area (Å²) >= 11 is -1.37. The third-order valence-electron chi connectivity index (χ3n) is 5.80. The summed E-state index contributed by atoms with van der Waals surface area (Å²) in [7, 11) is -4.27. The molecule has 2 unspecified atom stereocenters. The number of hydrogen-bond acceptors (Lipinski definition) is 10. The normalized spacial score (nSPS) is 13.8. The molecule has 0 aliphatic carbocycles. The summed E-state index contributed by atoms with van der Waals surface area (Å²) < 4.78 is 106. The van der Waals surface area contributed by atoms with Crippen molar-refractivity contribution in [2.75, 3.05) is 0 Å². The topological polar surface area (TPSA) is 160 Å². The summed E-state index contributed by atoms with van der Waals surface area (Å²) in [5.74, 6) is -1.79. The van der Waals surface area contributed by atoms with Gasteiger partial charge in [0.2, 0.25) is 29.0 Å². The van der Waals surface area contributed by atoms with Crippen LogP contribution in [0.2, 0.25) is 0 Å². The Hall–Kier alpha value is -3.68. The Morgan fingerprint density at radius 1 is 1.05 bits per heavy atom. The number of rotatable bonds is 10. The molecule has 0 amide bonds. The largest absolute Gasteiger partial charge is 0.422 e. The molecule has 3 aromatic heterocycles. The van der Waals surface area contributed by atoms with E-state index in [1.54, 1.807) is 18.2 Å². The van der Waals surface area contributed by atoms with Crippen LogP contribution in [0.5, 0.6) is 0 Å². The first-order valence-corrected chi connectivity index (χ1v) is 15.3. The van der Waals surface area contributed by atoms with Gasteiger partial charge in [-0.15, -0.1) is 21.5 Å². The minimum Gasteiger partial charge on any atom is -0.422 e. The summed E-state index contributed by atoms with van der Waals surface area (Å²) in [4.78, 5) is 10.1. The molecule has 0 bridgehead atoms. The molecule has 220 valence electrons. The third-order valence-corrected chi connectivity index (χ3v) is 9.23. The van der Waals surface area contributed by atoms with Crippen LogP contribution in [0.15, 0.2) is 65.2 Å². The number of hydrogen-bond donors (Lipinski definition) is 3. The molecule has 5 aromatic rings.